The van der Waals surface area contributed by atoms with E-state index in [-0.39, 0.29) is 36.8 Å². The number of aromatic carboxylic acids is 1. The van der Waals surface area contributed by atoms with E-state index in [0.717, 1.165) is 49.3 Å². The minimum atomic E-state index is -1.05. The van der Waals surface area contributed by atoms with E-state index in [0.29, 0.717) is 30.2 Å². The average molecular weight is 584 g/mol. The molecule has 0 unspecified atom stereocenters. The Morgan fingerprint density at radius 2 is 1.71 bits per heavy atom. The van der Waals surface area contributed by atoms with Crippen molar-refractivity contribution in [1.29, 1.82) is 0 Å². The molecular weight excluding hydrogens is 544 g/mol. The first kappa shape index (κ1) is 32.4. The van der Waals surface area contributed by atoms with Crippen LogP contribution in [0.4, 0.5) is 8.78 Å². The topological polar surface area (TPSA) is 85.3 Å². The normalized spacial score (nSPS) is 10.8. The van der Waals surface area contributed by atoms with Crippen molar-refractivity contribution < 1.29 is 37.7 Å². The lowest BCUT2D eigenvalue weighted by molar-refractivity contribution is -0.134. The minimum Gasteiger partial charge on any atom is -0.493 e. The fourth-order valence-electron chi connectivity index (χ4n) is 4.55. The molecule has 7 nitrogen and oxygen atoms in total. The number of carboxylic acid groups (broad SMARTS) is 1. The summed E-state index contributed by atoms with van der Waals surface area (Å²) in [5, 5.41) is 9.43. The van der Waals surface area contributed by atoms with Crippen molar-refractivity contribution in [2.24, 2.45) is 0 Å². The van der Waals surface area contributed by atoms with E-state index in [2.05, 4.69) is 6.92 Å². The predicted octanol–water partition coefficient (Wildman–Crippen LogP) is 6.98. The lowest BCUT2D eigenvalue weighted by atomic mass is 10.1. The Labute approximate surface area is 246 Å². The Balaban J connectivity index is 1.62. The van der Waals surface area contributed by atoms with E-state index >= 15 is 0 Å². The zero-order valence-electron chi connectivity index (χ0n) is 24.5. The second kappa shape index (κ2) is 16.3. The van der Waals surface area contributed by atoms with Gasteiger partial charge in [-0.05, 0) is 48.7 Å². The van der Waals surface area contributed by atoms with Gasteiger partial charge in [-0.25, -0.2) is 13.6 Å². The minimum absolute atomic E-state index is 0.0165. The summed E-state index contributed by atoms with van der Waals surface area (Å²) in [5.41, 5.74) is 1.95. The standard InChI is InChI=1S/C33H39F2NO6/c1-4-5-6-7-8-17-36(21-25-13-14-26(34)20-28(25)35)31(37)22-42-29-15-12-24(19-30(29)40-3)16-18-41-32-23(2)10-9-11-27(32)33(38)39/h9-15,19-20H,4-8,16-18,21-22H2,1-3H3,(H,38,39). The van der Waals surface area contributed by atoms with Crippen LogP contribution in [0.5, 0.6) is 17.2 Å². The molecule has 0 aliphatic rings. The van der Waals surface area contributed by atoms with Gasteiger partial charge in [-0.2, -0.15) is 0 Å². The number of nitrogens with zero attached hydrogens (tertiary/aromatic N) is 1. The fraction of sp³-hybridized carbons (Fsp3) is 0.394. The van der Waals surface area contributed by atoms with Crippen LogP contribution in [0, 0.1) is 18.6 Å². The first-order valence-corrected chi connectivity index (χ1v) is 14.2. The molecule has 0 bridgehead atoms. The third-order valence-corrected chi connectivity index (χ3v) is 6.92. The number of rotatable bonds is 17. The molecule has 0 saturated heterocycles. The zero-order chi connectivity index (χ0) is 30.5. The third-order valence-electron chi connectivity index (χ3n) is 6.92. The van der Waals surface area contributed by atoms with Gasteiger partial charge >= 0.3 is 5.97 Å². The quantitative estimate of drug-likeness (QED) is 0.173. The molecule has 9 heteroatoms. The van der Waals surface area contributed by atoms with Crippen molar-refractivity contribution in [3.8, 4) is 17.2 Å². The maximum atomic E-state index is 14.3. The summed E-state index contributed by atoms with van der Waals surface area (Å²) >= 11 is 0. The molecule has 3 rings (SSSR count). The van der Waals surface area contributed by atoms with Gasteiger partial charge in [-0.1, -0.05) is 56.9 Å². The van der Waals surface area contributed by atoms with Crippen molar-refractivity contribution >= 4 is 11.9 Å². The highest BCUT2D eigenvalue weighted by Crippen LogP contribution is 2.29. The van der Waals surface area contributed by atoms with Crippen LogP contribution in [0.25, 0.3) is 0 Å². The van der Waals surface area contributed by atoms with Crippen molar-refractivity contribution in [2.45, 2.75) is 58.9 Å². The molecule has 1 N–H and O–H groups in total. The zero-order valence-corrected chi connectivity index (χ0v) is 24.5. The molecule has 0 aromatic heterocycles. The molecular formula is C33H39F2NO6. The van der Waals surface area contributed by atoms with Crippen LogP contribution >= 0.6 is 0 Å². The Morgan fingerprint density at radius 1 is 0.929 bits per heavy atom. The molecule has 42 heavy (non-hydrogen) atoms. The SMILES string of the molecule is CCCCCCCN(Cc1ccc(F)cc1F)C(=O)COc1ccc(CCOc2c(C)cccc2C(=O)O)cc1OC. The van der Waals surface area contributed by atoms with Gasteiger partial charge in [0, 0.05) is 31.1 Å². The predicted molar refractivity (Wildman–Crippen MR) is 156 cm³/mol. The number of carbonyl (C=O) groups is 2. The molecule has 1 amide bonds. The van der Waals surface area contributed by atoms with Crippen LogP contribution in [0.2, 0.25) is 0 Å². The molecule has 0 fully saturated rings. The molecule has 3 aromatic carbocycles. The summed E-state index contributed by atoms with van der Waals surface area (Å²) < 4.78 is 44.9. The lowest BCUT2D eigenvalue weighted by Gasteiger charge is -2.23. The number of unbranched alkanes of at least 4 members (excludes halogenated alkanes) is 4. The van der Waals surface area contributed by atoms with E-state index in [4.69, 9.17) is 14.2 Å². The molecule has 0 aliphatic carbocycles. The van der Waals surface area contributed by atoms with Gasteiger partial charge in [-0.3, -0.25) is 4.79 Å². The number of methoxy groups -OCH3 is 1. The number of halogens is 2. The smallest absolute Gasteiger partial charge is 0.339 e. The first-order chi connectivity index (χ1) is 20.2. The Kier molecular flexibility index (Phi) is 12.6. The van der Waals surface area contributed by atoms with E-state index < -0.39 is 17.6 Å². The molecule has 0 atom stereocenters. The number of aryl methyl sites for hydroxylation is 1. The number of benzene rings is 3. The van der Waals surface area contributed by atoms with E-state index in [1.54, 1.807) is 31.2 Å². The van der Waals surface area contributed by atoms with Gasteiger partial charge in [-0.15, -0.1) is 0 Å². The molecule has 0 saturated carbocycles. The number of ether oxygens (including phenoxy) is 3. The van der Waals surface area contributed by atoms with E-state index in [1.807, 2.05) is 6.07 Å². The van der Waals surface area contributed by atoms with Gasteiger partial charge in [0.1, 0.15) is 22.9 Å². The summed E-state index contributed by atoms with van der Waals surface area (Å²) in [6.45, 7) is 4.34. The van der Waals surface area contributed by atoms with Crippen molar-refractivity contribution in [3.63, 3.8) is 0 Å². The third kappa shape index (κ3) is 9.46. The number of para-hydroxylation sites is 1. The summed E-state index contributed by atoms with van der Waals surface area (Å²) in [6, 6.07) is 13.6. The van der Waals surface area contributed by atoms with Gasteiger partial charge in [0.05, 0.1) is 13.7 Å². The number of hydrogen-bond acceptors (Lipinski definition) is 5. The van der Waals surface area contributed by atoms with Crippen LogP contribution in [0.1, 0.15) is 66.1 Å². The monoisotopic (exact) mass is 583 g/mol. The summed E-state index contributed by atoms with van der Waals surface area (Å²) in [4.78, 5) is 26.2. The van der Waals surface area contributed by atoms with Gasteiger partial charge < -0.3 is 24.2 Å². The number of hydrogen-bond donors (Lipinski definition) is 1. The summed E-state index contributed by atoms with van der Waals surface area (Å²) in [6.07, 6.45) is 5.47. The van der Waals surface area contributed by atoms with Crippen molar-refractivity contribution in [3.05, 3.63) is 88.5 Å². The molecule has 0 aliphatic heterocycles. The Hall–Kier alpha value is -4.14. The molecule has 0 heterocycles. The Bertz CT molecular complexity index is 1350. The van der Waals surface area contributed by atoms with Crippen LogP contribution in [0.15, 0.2) is 54.6 Å². The molecule has 3 aromatic rings. The highest BCUT2D eigenvalue weighted by Gasteiger charge is 2.18. The van der Waals surface area contributed by atoms with Gasteiger partial charge in [0.2, 0.25) is 0 Å². The highest BCUT2D eigenvalue weighted by atomic mass is 19.1. The highest BCUT2D eigenvalue weighted by molar-refractivity contribution is 5.91. The lowest BCUT2D eigenvalue weighted by Crippen LogP contribution is -2.35. The largest absolute Gasteiger partial charge is 0.493 e. The number of amides is 1. The fourth-order valence-corrected chi connectivity index (χ4v) is 4.55. The molecule has 0 spiro atoms. The first-order valence-electron chi connectivity index (χ1n) is 14.2. The summed E-state index contributed by atoms with van der Waals surface area (Å²) in [5.74, 6) is -1.59. The van der Waals surface area contributed by atoms with E-state index in [1.165, 1.54) is 30.2 Å². The average Bonchev–Trinajstić information content (AvgIpc) is 2.97. The van der Waals surface area contributed by atoms with Crippen LogP contribution < -0.4 is 14.2 Å². The van der Waals surface area contributed by atoms with Crippen LogP contribution in [-0.2, 0) is 17.8 Å². The van der Waals surface area contributed by atoms with E-state index in [9.17, 15) is 23.5 Å². The van der Waals surface area contributed by atoms with Gasteiger partial charge in [0.15, 0.2) is 18.1 Å². The maximum absolute atomic E-state index is 14.3. The molecule has 0 radical (unpaired) electrons. The van der Waals surface area contributed by atoms with Gasteiger partial charge in [0.25, 0.3) is 5.91 Å². The van der Waals surface area contributed by atoms with Crippen molar-refractivity contribution in [1.82, 2.24) is 4.90 Å². The van der Waals surface area contributed by atoms with Crippen LogP contribution in [-0.4, -0.2) is 48.8 Å². The number of carboxylic acids is 1. The summed E-state index contributed by atoms with van der Waals surface area (Å²) in [7, 11) is 1.50. The van der Waals surface area contributed by atoms with Crippen molar-refractivity contribution in [2.75, 3.05) is 26.9 Å². The molecule has 226 valence electrons. The maximum Gasteiger partial charge on any atom is 0.339 e. The Morgan fingerprint density at radius 3 is 2.43 bits per heavy atom. The second-order valence-corrected chi connectivity index (χ2v) is 10.1. The van der Waals surface area contributed by atoms with Crippen LogP contribution in [0.3, 0.4) is 0 Å². The number of carbonyl (C=O) groups excluding carboxylic acids is 1. The second-order valence-electron chi connectivity index (χ2n) is 10.1.